The van der Waals surface area contributed by atoms with E-state index in [0.717, 1.165) is 30.3 Å². The van der Waals surface area contributed by atoms with Crippen LogP contribution in [0.3, 0.4) is 0 Å². The Hall–Kier alpha value is -2.14. The molecule has 130 valence electrons. The maximum Gasteiger partial charge on any atom is 0.341 e. The van der Waals surface area contributed by atoms with Crippen molar-refractivity contribution in [1.82, 2.24) is 0 Å². The van der Waals surface area contributed by atoms with Crippen molar-refractivity contribution in [3.63, 3.8) is 0 Å². The van der Waals surface area contributed by atoms with Crippen LogP contribution in [0.1, 0.15) is 0 Å². The van der Waals surface area contributed by atoms with E-state index in [9.17, 15) is 34.4 Å². The highest BCUT2D eigenvalue weighted by Crippen LogP contribution is 2.22. The largest absolute Gasteiger partial charge is 0.341 e. The van der Waals surface area contributed by atoms with E-state index in [0.29, 0.717) is 12.1 Å². The molecule has 0 aliphatic carbocycles. The number of hydrogen-bond donors (Lipinski definition) is 1. The average Bonchev–Trinajstić information content (AvgIpc) is 2.50. The van der Waals surface area contributed by atoms with Crippen molar-refractivity contribution in [1.29, 1.82) is 0 Å². The van der Waals surface area contributed by atoms with Crippen LogP contribution in [0.4, 0.5) is 23.2 Å². The van der Waals surface area contributed by atoms with Crippen LogP contribution in [0, 0.1) is 11.6 Å². The minimum atomic E-state index is -4.80. The number of rotatable bonds is 5. The van der Waals surface area contributed by atoms with Crippen molar-refractivity contribution in [3.05, 3.63) is 54.1 Å². The minimum absolute atomic E-state index is 0.145. The second-order valence-electron chi connectivity index (χ2n) is 4.51. The smallest absolute Gasteiger partial charge is 0.280 e. The van der Waals surface area contributed by atoms with Gasteiger partial charge in [0.25, 0.3) is 10.0 Å². The summed E-state index contributed by atoms with van der Waals surface area (Å²) < 4.78 is 99.3. The molecule has 0 saturated heterocycles. The van der Waals surface area contributed by atoms with Crippen LogP contribution < -0.4 is 4.72 Å². The lowest BCUT2D eigenvalue weighted by atomic mass is 10.3. The fourth-order valence-corrected chi connectivity index (χ4v) is 3.46. The van der Waals surface area contributed by atoms with Gasteiger partial charge in [-0.05, 0) is 42.5 Å². The van der Waals surface area contributed by atoms with E-state index < -0.39 is 47.0 Å². The van der Waals surface area contributed by atoms with Crippen LogP contribution in [0.15, 0.2) is 52.3 Å². The van der Waals surface area contributed by atoms with E-state index in [-0.39, 0.29) is 5.69 Å². The van der Waals surface area contributed by atoms with Gasteiger partial charge in [-0.25, -0.2) is 25.6 Å². The van der Waals surface area contributed by atoms with Gasteiger partial charge in [0.2, 0.25) is 9.84 Å². The van der Waals surface area contributed by atoms with Crippen molar-refractivity contribution >= 4 is 25.5 Å². The fraction of sp³-hybridized carbons (Fsp3) is 0.0769. The third kappa shape index (κ3) is 3.67. The number of nitrogens with one attached hydrogen (secondary N) is 1. The fourth-order valence-electron chi connectivity index (χ4n) is 1.67. The van der Waals surface area contributed by atoms with Crippen molar-refractivity contribution < 1.29 is 34.4 Å². The quantitative estimate of drug-likeness (QED) is 0.806. The summed E-state index contributed by atoms with van der Waals surface area (Å²) in [4.78, 5) is -1.25. The zero-order valence-electron chi connectivity index (χ0n) is 11.6. The molecule has 0 amide bonds. The second kappa shape index (κ2) is 6.40. The number of benzene rings is 2. The molecule has 2 rings (SSSR count). The predicted molar refractivity (Wildman–Crippen MR) is 76.8 cm³/mol. The Morgan fingerprint density at radius 2 is 1.33 bits per heavy atom. The molecule has 0 heterocycles. The standard InChI is InChI=1S/C13H9F4NO4S2/c14-11-6-5-10(7-12(11)15)24(21,22)18-8-1-3-9(4-2-8)23(19,20)13(16)17/h1-7,13,18H. The topological polar surface area (TPSA) is 80.3 Å². The summed E-state index contributed by atoms with van der Waals surface area (Å²) in [5, 5.41) is 0. The third-order valence-electron chi connectivity index (χ3n) is 2.87. The molecule has 0 atom stereocenters. The Morgan fingerprint density at radius 3 is 1.83 bits per heavy atom. The molecule has 0 saturated carbocycles. The van der Waals surface area contributed by atoms with Gasteiger partial charge in [0, 0.05) is 5.69 Å². The molecule has 5 nitrogen and oxygen atoms in total. The zero-order valence-corrected chi connectivity index (χ0v) is 13.2. The van der Waals surface area contributed by atoms with Crippen LogP contribution in [0.2, 0.25) is 0 Å². The lowest BCUT2D eigenvalue weighted by molar-refractivity contribution is 0.234. The van der Waals surface area contributed by atoms with Gasteiger partial charge in [0.15, 0.2) is 11.6 Å². The van der Waals surface area contributed by atoms with Gasteiger partial charge in [-0.15, -0.1) is 0 Å². The Balaban J connectivity index is 2.29. The molecule has 0 spiro atoms. The van der Waals surface area contributed by atoms with E-state index >= 15 is 0 Å². The van der Waals surface area contributed by atoms with Crippen LogP contribution in [-0.4, -0.2) is 22.6 Å². The van der Waals surface area contributed by atoms with Crippen molar-refractivity contribution in [2.45, 2.75) is 15.5 Å². The summed E-state index contributed by atoms with van der Waals surface area (Å²) in [6.07, 6.45) is 0. The summed E-state index contributed by atoms with van der Waals surface area (Å²) in [7, 11) is -9.07. The summed E-state index contributed by atoms with van der Waals surface area (Å²) in [6.45, 7) is 0. The van der Waals surface area contributed by atoms with E-state index in [1.807, 2.05) is 4.72 Å². The maximum atomic E-state index is 13.1. The second-order valence-corrected chi connectivity index (χ2v) is 8.11. The lowest BCUT2D eigenvalue weighted by Gasteiger charge is -2.09. The van der Waals surface area contributed by atoms with E-state index in [1.54, 1.807) is 0 Å². The van der Waals surface area contributed by atoms with Gasteiger partial charge in [0.05, 0.1) is 9.79 Å². The highest BCUT2D eigenvalue weighted by molar-refractivity contribution is 7.92. The molecule has 11 heteroatoms. The molecule has 0 aromatic heterocycles. The number of sulfonamides is 1. The molecular formula is C13H9F4NO4S2. The first-order valence-electron chi connectivity index (χ1n) is 6.14. The Labute approximate surface area is 134 Å². The van der Waals surface area contributed by atoms with Crippen LogP contribution in [0.25, 0.3) is 0 Å². The Bertz CT molecular complexity index is 958. The van der Waals surface area contributed by atoms with Gasteiger partial charge in [-0.3, -0.25) is 4.72 Å². The SMILES string of the molecule is O=S(=O)(Nc1ccc(S(=O)(=O)C(F)F)cc1)c1ccc(F)c(F)c1. The zero-order chi connectivity index (χ0) is 18.1. The summed E-state index contributed by atoms with van der Waals surface area (Å²) in [5.74, 6) is -6.20. The number of hydrogen-bond acceptors (Lipinski definition) is 4. The number of halogens is 4. The molecule has 0 fully saturated rings. The summed E-state index contributed by atoms with van der Waals surface area (Å²) in [5.41, 5.74) is -0.145. The van der Waals surface area contributed by atoms with Crippen LogP contribution in [-0.2, 0) is 19.9 Å². The normalized spacial score (nSPS) is 12.4. The maximum absolute atomic E-state index is 13.1. The average molecular weight is 383 g/mol. The van der Waals surface area contributed by atoms with Gasteiger partial charge in [-0.1, -0.05) is 0 Å². The predicted octanol–water partition coefficient (Wildman–Crippen LogP) is 2.76. The number of alkyl halides is 2. The molecule has 2 aromatic carbocycles. The molecule has 24 heavy (non-hydrogen) atoms. The van der Waals surface area contributed by atoms with Crippen molar-refractivity contribution in [2.24, 2.45) is 0 Å². The van der Waals surface area contributed by atoms with E-state index in [1.165, 1.54) is 0 Å². The van der Waals surface area contributed by atoms with Gasteiger partial charge < -0.3 is 0 Å². The van der Waals surface area contributed by atoms with E-state index in [2.05, 4.69) is 0 Å². The first kappa shape index (κ1) is 18.2. The molecule has 0 aliphatic rings. The molecule has 1 N–H and O–H groups in total. The number of sulfone groups is 1. The molecule has 0 bridgehead atoms. The number of anilines is 1. The summed E-state index contributed by atoms with van der Waals surface area (Å²) >= 11 is 0. The Kier molecular flexibility index (Phi) is 4.85. The van der Waals surface area contributed by atoms with Gasteiger partial charge in [-0.2, -0.15) is 8.78 Å². The Morgan fingerprint density at radius 1 is 0.792 bits per heavy atom. The minimum Gasteiger partial charge on any atom is -0.280 e. The third-order valence-corrected chi connectivity index (χ3v) is 5.65. The van der Waals surface area contributed by atoms with E-state index in [4.69, 9.17) is 0 Å². The lowest BCUT2D eigenvalue weighted by Crippen LogP contribution is -2.14. The first-order valence-corrected chi connectivity index (χ1v) is 9.17. The van der Waals surface area contributed by atoms with Gasteiger partial charge >= 0.3 is 5.76 Å². The molecule has 0 unspecified atom stereocenters. The highest BCUT2D eigenvalue weighted by atomic mass is 32.2. The van der Waals surface area contributed by atoms with Crippen LogP contribution in [0.5, 0.6) is 0 Å². The van der Waals surface area contributed by atoms with Crippen molar-refractivity contribution in [3.8, 4) is 0 Å². The van der Waals surface area contributed by atoms with Crippen LogP contribution >= 0.6 is 0 Å². The first-order chi connectivity index (χ1) is 11.0. The molecular weight excluding hydrogens is 374 g/mol. The monoisotopic (exact) mass is 383 g/mol. The molecule has 2 aromatic rings. The van der Waals surface area contributed by atoms with Gasteiger partial charge in [0.1, 0.15) is 0 Å². The molecule has 0 radical (unpaired) electrons. The highest BCUT2D eigenvalue weighted by Gasteiger charge is 2.26. The van der Waals surface area contributed by atoms with Crippen molar-refractivity contribution in [2.75, 3.05) is 4.72 Å². The molecule has 0 aliphatic heterocycles. The summed E-state index contributed by atoms with van der Waals surface area (Å²) in [6, 6.07) is 5.42.